The number of benzene rings is 2. The van der Waals surface area contributed by atoms with E-state index in [4.69, 9.17) is 0 Å². The van der Waals surface area contributed by atoms with E-state index >= 15 is 0 Å². The fourth-order valence-corrected chi connectivity index (χ4v) is 4.54. The Morgan fingerprint density at radius 3 is 2.15 bits per heavy atom. The molecule has 8 heteroatoms. The Morgan fingerprint density at radius 1 is 0.971 bits per heavy atom. The molecule has 0 aliphatic rings. The van der Waals surface area contributed by atoms with Crippen LogP contribution in [0.4, 0.5) is 5.69 Å². The van der Waals surface area contributed by atoms with Gasteiger partial charge in [-0.1, -0.05) is 61.4 Å². The van der Waals surface area contributed by atoms with Crippen LogP contribution in [0.3, 0.4) is 0 Å². The van der Waals surface area contributed by atoms with Crippen LogP contribution in [0.25, 0.3) is 0 Å². The van der Waals surface area contributed by atoms with E-state index < -0.39 is 22.0 Å². The first-order chi connectivity index (χ1) is 16.0. The molecule has 0 saturated heterocycles. The monoisotopic (exact) mass is 487 g/mol. The molecular formula is C26H37N3O4S. The lowest BCUT2D eigenvalue weighted by Crippen LogP contribution is -2.53. The van der Waals surface area contributed by atoms with Crippen LogP contribution in [0.5, 0.6) is 0 Å². The van der Waals surface area contributed by atoms with Crippen molar-refractivity contribution in [3.05, 3.63) is 65.2 Å². The van der Waals surface area contributed by atoms with Crippen LogP contribution in [0.15, 0.2) is 48.5 Å². The van der Waals surface area contributed by atoms with Crippen molar-refractivity contribution in [1.82, 2.24) is 10.2 Å². The first-order valence-corrected chi connectivity index (χ1v) is 13.5. The zero-order valence-electron chi connectivity index (χ0n) is 21.0. The normalized spacial score (nSPS) is 13.1. The summed E-state index contributed by atoms with van der Waals surface area (Å²) in [5.74, 6) is -0.669. The van der Waals surface area contributed by atoms with Gasteiger partial charge in [-0.3, -0.25) is 13.9 Å². The summed E-state index contributed by atoms with van der Waals surface area (Å²) in [5.41, 5.74) is 3.32. The molecule has 2 atom stereocenters. The minimum Gasteiger partial charge on any atom is -0.352 e. The predicted molar refractivity (Wildman–Crippen MR) is 137 cm³/mol. The number of nitrogens with zero attached hydrogens (tertiary/aromatic N) is 2. The Kier molecular flexibility index (Phi) is 9.67. The van der Waals surface area contributed by atoms with Gasteiger partial charge in [-0.15, -0.1) is 0 Å². The quantitative estimate of drug-likeness (QED) is 0.522. The zero-order valence-corrected chi connectivity index (χ0v) is 21.9. The van der Waals surface area contributed by atoms with Crippen molar-refractivity contribution >= 4 is 27.5 Å². The average Bonchev–Trinajstić information content (AvgIpc) is 2.77. The SMILES string of the molecule is CC[C@@H](C)NC(=O)[C@H](CC)N(Cc1cccc(C)c1)C(=O)CN(c1ccc(C)cc1)S(C)(=O)=O. The van der Waals surface area contributed by atoms with Gasteiger partial charge in [0.15, 0.2) is 0 Å². The molecule has 0 aliphatic carbocycles. The van der Waals surface area contributed by atoms with Crippen molar-refractivity contribution in [2.45, 2.75) is 66.1 Å². The third kappa shape index (κ3) is 7.58. The molecule has 0 aromatic heterocycles. The highest BCUT2D eigenvalue weighted by molar-refractivity contribution is 7.92. The van der Waals surface area contributed by atoms with E-state index in [1.165, 1.54) is 4.90 Å². The largest absolute Gasteiger partial charge is 0.352 e. The maximum absolute atomic E-state index is 13.6. The van der Waals surface area contributed by atoms with E-state index in [1.807, 2.05) is 58.9 Å². The number of carbonyl (C=O) groups excluding carboxylic acids is 2. The van der Waals surface area contributed by atoms with Gasteiger partial charge in [0.25, 0.3) is 0 Å². The van der Waals surface area contributed by atoms with Gasteiger partial charge in [0.1, 0.15) is 12.6 Å². The summed E-state index contributed by atoms with van der Waals surface area (Å²) in [6, 6.07) is 14.0. The maximum atomic E-state index is 13.6. The number of anilines is 1. The van der Waals surface area contributed by atoms with Gasteiger partial charge in [-0.2, -0.15) is 0 Å². The second kappa shape index (κ2) is 12.0. The van der Waals surface area contributed by atoms with Gasteiger partial charge >= 0.3 is 0 Å². The molecule has 2 aromatic rings. The number of nitrogens with one attached hydrogen (secondary N) is 1. The topological polar surface area (TPSA) is 86.8 Å². The standard InChI is InChI=1S/C26H37N3O4S/c1-7-21(5)27-26(31)24(8-2)28(17-22-11-9-10-20(4)16-22)25(30)18-29(34(6,32)33)23-14-12-19(3)13-15-23/h9-16,21,24H,7-8,17-18H2,1-6H3,(H,27,31)/t21-,24+/m1/s1. The van der Waals surface area contributed by atoms with Gasteiger partial charge in [-0.25, -0.2) is 8.42 Å². The van der Waals surface area contributed by atoms with Crippen LogP contribution < -0.4 is 9.62 Å². The summed E-state index contributed by atoms with van der Waals surface area (Å²) in [6.07, 6.45) is 2.25. The number of rotatable bonds is 11. The first-order valence-electron chi connectivity index (χ1n) is 11.7. The van der Waals surface area contributed by atoms with E-state index in [2.05, 4.69) is 5.32 Å². The van der Waals surface area contributed by atoms with Gasteiger partial charge in [-0.05, 0) is 51.3 Å². The maximum Gasteiger partial charge on any atom is 0.244 e. The third-order valence-electron chi connectivity index (χ3n) is 5.82. The fourth-order valence-electron chi connectivity index (χ4n) is 3.69. The molecule has 0 aliphatic heterocycles. The van der Waals surface area contributed by atoms with Gasteiger partial charge < -0.3 is 10.2 Å². The summed E-state index contributed by atoms with van der Waals surface area (Å²) < 4.78 is 26.3. The third-order valence-corrected chi connectivity index (χ3v) is 6.96. The van der Waals surface area contributed by atoms with Crippen molar-refractivity contribution in [2.75, 3.05) is 17.1 Å². The van der Waals surface area contributed by atoms with Gasteiger partial charge in [0.2, 0.25) is 21.8 Å². The number of sulfonamides is 1. The van der Waals surface area contributed by atoms with Crippen molar-refractivity contribution in [2.24, 2.45) is 0 Å². The molecule has 0 radical (unpaired) electrons. The minimum atomic E-state index is -3.73. The van der Waals surface area contributed by atoms with Crippen LogP contribution in [0.2, 0.25) is 0 Å². The molecule has 0 unspecified atom stereocenters. The lowest BCUT2D eigenvalue weighted by Gasteiger charge is -2.33. The first kappa shape index (κ1) is 27.4. The van der Waals surface area contributed by atoms with Crippen LogP contribution in [-0.2, 0) is 26.2 Å². The van der Waals surface area contributed by atoms with Crippen LogP contribution in [0.1, 0.15) is 50.3 Å². The smallest absolute Gasteiger partial charge is 0.244 e. The van der Waals surface area contributed by atoms with E-state index in [1.54, 1.807) is 24.3 Å². The molecule has 7 nitrogen and oxygen atoms in total. The van der Waals surface area contributed by atoms with E-state index in [0.29, 0.717) is 12.1 Å². The Balaban J connectivity index is 2.43. The van der Waals surface area contributed by atoms with Crippen LogP contribution in [0, 0.1) is 13.8 Å². The Hall–Kier alpha value is -2.87. The number of aryl methyl sites for hydroxylation is 2. The predicted octanol–water partition coefficient (Wildman–Crippen LogP) is 3.79. The molecule has 0 saturated carbocycles. The second-order valence-electron chi connectivity index (χ2n) is 8.86. The Labute approximate surface area is 204 Å². The minimum absolute atomic E-state index is 0.0300. The van der Waals surface area contributed by atoms with Crippen LogP contribution in [-0.4, -0.2) is 50.0 Å². The average molecular weight is 488 g/mol. The lowest BCUT2D eigenvalue weighted by molar-refractivity contribution is -0.140. The molecule has 2 amide bonds. The van der Waals surface area contributed by atoms with Crippen molar-refractivity contribution in [3.8, 4) is 0 Å². The fraction of sp³-hybridized carbons (Fsp3) is 0.462. The molecule has 0 fully saturated rings. The van der Waals surface area contributed by atoms with Crippen molar-refractivity contribution in [1.29, 1.82) is 0 Å². The molecule has 2 aromatic carbocycles. The van der Waals surface area contributed by atoms with Crippen molar-refractivity contribution in [3.63, 3.8) is 0 Å². The molecule has 34 heavy (non-hydrogen) atoms. The highest BCUT2D eigenvalue weighted by atomic mass is 32.2. The number of hydrogen-bond acceptors (Lipinski definition) is 4. The van der Waals surface area contributed by atoms with E-state index in [0.717, 1.165) is 33.7 Å². The van der Waals surface area contributed by atoms with E-state index in [9.17, 15) is 18.0 Å². The Bertz CT molecular complexity index is 1080. The molecule has 0 spiro atoms. The van der Waals surface area contributed by atoms with Gasteiger partial charge in [0, 0.05) is 12.6 Å². The molecule has 1 N–H and O–H groups in total. The summed E-state index contributed by atoms with van der Waals surface area (Å²) in [6.45, 7) is 9.44. The molecule has 0 bridgehead atoms. The van der Waals surface area contributed by atoms with Crippen molar-refractivity contribution < 1.29 is 18.0 Å². The Morgan fingerprint density at radius 2 is 1.62 bits per heavy atom. The lowest BCUT2D eigenvalue weighted by atomic mass is 10.1. The second-order valence-corrected chi connectivity index (χ2v) is 10.8. The highest BCUT2D eigenvalue weighted by Gasteiger charge is 2.32. The summed E-state index contributed by atoms with van der Waals surface area (Å²) in [5, 5.41) is 2.97. The van der Waals surface area contributed by atoms with Gasteiger partial charge in [0.05, 0.1) is 11.9 Å². The van der Waals surface area contributed by atoms with E-state index in [-0.39, 0.29) is 25.0 Å². The number of amides is 2. The summed E-state index contributed by atoms with van der Waals surface area (Å²) in [7, 11) is -3.73. The number of hydrogen-bond donors (Lipinski definition) is 1. The number of carbonyl (C=O) groups is 2. The molecule has 0 heterocycles. The molecule has 2 rings (SSSR count). The summed E-state index contributed by atoms with van der Waals surface area (Å²) >= 11 is 0. The summed E-state index contributed by atoms with van der Waals surface area (Å²) in [4.78, 5) is 28.2. The highest BCUT2D eigenvalue weighted by Crippen LogP contribution is 2.20. The molecule has 186 valence electrons. The van der Waals surface area contributed by atoms with Crippen LogP contribution >= 0.6 is 0 Å². The zero-order chi connectivity index (χ0) is 25.5. The molecular weight excluding hydrogens is 450 g/mol.